The van der Waals surface area contributed by atoms with Gasteiger partial charge in [0.15, 0.2) is 0 Å². The Morgan fingerprint density at radius 1 is 1.22 bits per heavy atom. The Bertz CT molecular complexity index is 790. The number of hydrogen-bond donors (Lipinski definition) is 2. The third kappa shape index (κ3) is 6.04. The molecule has 1 aromatic carbocycles. The van der Waals surface area contributed by atoms with Crippen LogP contribution in [0.15, 0.2) is 30.3 Å². The van der Waals surface area contributed by atoms with Gasteiger partial charge >= 0.3 is 11.9 Å². The molecule has 2 heterocycles. The summed E-state index contributed by atoms with van der Waals surface area (Å²) >= 11 is 1.87. The van der Waals surface area contributed by atoms with Crippen LogP contribution in [-0.2, 0) is 25.5 Å². The van der Waals surface area contributed by atoms with Crippen LogP contribution in [0, 0.1) is 5.92 Å². The molecule has 2 fully saturated rings. The third-order valence-corrected chi connectivity index (χ3v) is 7.62. The van der Waals surface area contributed by atoms with Crippen LogP contribution in [0.25, 0.3) is 0 Å². The zero-order chi connectivity index (χ0) is 23.1. The summed E-state index contributed by atoms with van der Waals surface area (Å²) in [6.07, 6.45) is 3.29. The van der Waals surface area contributed by atoms with Crippen molar-refractivity contribution in [1.29, 1.82) is 0 Å². The topological polar surface area (TPSA) is 95.9 Å². The highest BCUT2D eigenvalue weighted by Crippen LogP contribution is 2.37. The second-order valence-electron chi connectivity index (χ2n) is 8.59. The predicted molar refractivity (Wildman–Crippen MR) is 125 cm³/mol. The predicted octanol–water partition coefficient (Wildman–Crippen LogP) is 2.73. The van der Waals surface area contributed by atoms with Gasteiger partial charge in [-0.05, 0) is 68.9 Å². The number of carbonyl (C=O) groups is 3. The van der Waals surface area contributed by atoms with Crippen molar-refractivity contribution in [3.63, 3.8) is 0 Å². The SMILES string of the molecule is CCOC(=O)[C@H](CCc1ccccc1)NC(C)C(=O)N1C2CCSCC2CC[C@H]1C(=O)O. The lowest BCUT2D eigenvalue weighted by Crippen LogP contribution is -2.62. The van der Waals surface area contributed by atoms with Crippen LogP contribution < -0.4 is 5.32 Å². The maximum Gasteiger partial charge on any atom is 0.326 e. The average Bonchev–Trinajstić information content (AvgIpc) is 2.81. The van der Waals surface area contributed by atoms with Gasteiger partial charge in [-0.2, -0.15) is 11.8 Å². The number of ether oxygens (including phenoxy) is 1. The summed E-state index contributed by atoms with van der Waals surface area (Å²) in [5, 5.41) is 12.9. The van der Waals surface area contributed by atoms with Gasteiger partial charge in [0.25, 0.3) is 0 Å². The van der Waals surface area contributed by atoms with Gasteiger partial charge in [0.05, 0.1) is 12.6 Å². The van der Waals surface area contributed by atoms with Crippen LogP contribution in [0.3, 0.4) is 0 Å². The van der Waals surface area contributed by atoms with Gasteiger partial charge in [-0.25, -0.2) is 4.79 Å². The van der Waals surface area contributed by atoms with Crippen molar-refractivity contribution in [2.24, 2.45) is 5.92 Å². The van der Waals surface area contributed by atoms with Crippen molar-refractivity contribution in [2.45, 2.75) is 70.1 Å². The number of aliphatic carboxylic acids is 1. The summed E-state index contributed by atoms with van der Waals surface area (Å²) in [7, 11) is 0. The lowest BCUT2D eigenvalue weighted by Gasteiger charge is -2.47. The molecule has 1 amide bonds. The second-order valence-corrected chi connectivity index (χ2v) is 9.74. The number of carbonyl (C=O) groups excluding carboxylic acids is 2. The van der Waals surface area contributed by atoms with E-state index in [1.165, 1.54) is 0 Å². The van der Waals surface area contributed by atoms with E-state index in [9.17, 15) is 19.5 Å². The summed E-state index contributed by atoms with van der Waals surface area (Å²) in [6, 6.07) is 7.68. The molecule has 0 aromatic heterocycles. The highest BCUT2D eigenvalue weighted by atomic mass is 32.2. The molecule has 2 aliphatic heterocycles. The molecular formula is C24H34N2O5S. The summed E-state index contributed by atoms with van der Waals surface area (Å²) < 4.78 is 5.24. The van der Waals surface area contributed by atoms with Gasteiger partial charge in [0, 0.05) is 6.04 Å². The molecule has 3 rings (SSSR count). The number of esters is 1. The fourth-order valence-electron chi connectivity index (χ4n) is 4.79. The number of carboxylic acid groups (broad SMARTS) is 1. The standard InChI is InChI=1S/C24H34N2O5S/c1-3-31-24(30)19(11-9-17-7-5-4-6-8-17)25-16(2)22(27)26-20-13-14-32-15-18(20)10-12-21(26)23(28)29/h4-8,16,18-21,25H,3,9-15H2,1-2H3,(H,28,29)/t16?,18?,19-,20?,21-/m0/s1. The first-order valence-electron chi connectivity index (χ1n) is 11.5. The van der Waals surface area contributed by atoms with E-state index in [0.29, 0.717) is 25.2 Å². The largest absolute Gasteiger partial charge is 0.480 e. The fourth-order valence-corrected chi connectivity index (χ4v) is 6.06. The quantitative estimate of drug-likeness (QED) is 0.545. The van der Waals surface area contributed by atoms with Crippen LogP contribution in [0.1, 0.15) is 45.1 Å². The number of rotatable bonds is 9. The Morgan fingerprint density at radius 2 is 1.97 bits per heavy atom. The number of nitrogens with zero attached hydrogens (tertiary/aromatic N) is 1. The number of likely N-dealkylation sites (tertiary alicyclic amines) is 1. The molecule has 2 saturated heterocycles. The minimum Gasteiger partial charge on any atom is -0.480 e. The number of benzene rings is 1. The highest BCUT2D eigenvalue weighted by molar-refractivity contribution is 7.99. The molecule has 176 valence electrons. The average molecular weight is 463 g/mol. The number of carboxylic acids is 1. The van der Waals surface area contributed by atoms with Crippen molar-refractivity contribution in [1.82, 2.24) is 10.2 Å². The summed E-state index contributed by atoms with van der Waals surface area (Å²) in [5.41, 5.74) is 1.10. The van der Waals surface area contributed by atoms with Gasteiger partial charge in [0.1, 0.15) is 12.1 Å². The number of hydrogen-bond acceptors (Lipinski definition) is 6. The van der Waals surface area contributed by atoms with Crippen LogP contribution in [0.4, 0.5) is 0 Å². The van der Waals surface area contributed by atoms with E-state index in [2.05, 4.69) is 5.32 Å². The van der Waals surface area contributed by atoms with Crippen molar-refractivity contribution in [3.8, 4) is 0 Å². The molecule has 0 saturated carbocycles. The van der Waals surface area contributed by atoms with Gasteiger partial charge in [-0.1, -0.05) is 30.3 Å². The summed E-state index contributed by atoms with van der Waals surface area (Å²) in [4.78, 5) is 39.6. The van der Waals surface area contributed by atoms with E-state index >= 15 is 0 Å². The number of aryl methyl sites for hydroxylation is 1. The molecule has 3 unspecified atom stereocenters. The van der Waals surface area contributed by atoms with Gasteiger partial charge < -0.3 is 14.7 Å². The Balaban J connectivity index is 1.72. The minimum atomic E-state index is -0.951. The molecule has 7 nitrogen and oxygen atoms in total. The van der Waals surface area contributed by atoms with Crippen LogP contribution >= 0.6 is 11.8 Å². The van der Waals surface area contributed by atoms with Crippen LogP contribution in [0.2, 0.25) is 0 Å². The number of nitrogens with one attached hydrogen (secondary N) is 1. The van der Waals surface area contributed by atoms with Crippen molar-refractivity contribution in [3.05, 3.63) is 35.9 Å². The Labute approximate surface area is 194 Å². The third-order valence-electron chi connectivity index (χ3n) is 6.43. The Kier molecular flexibility index (Phi) is 8.99. The first kappa shape index (κ1) is 24.6. The molecule has 2 aliphatic rings. The minimum absolute atomic E-state index is 0.0480. The Morgan fingerprint density at radius 3 is 2.66 bits per heavy atom. The zero-order valence-electron chi connectivity index (χ0n) is 18.9. The molecule has 0 bridgehead atoms. The van der Waals surface area contributed by atoms with Gasteiger partial charge in [-0.15, -0.1) is 0 Å². The van der Waals surface area contributed by atoms with Crippen molar-refractivity contribution < 1.29 is 24.2 Å². The maximum absolute atomic E-state index is 13.5. The number of fused-ring (bicyclic) bond motifs is 1. The molecule has 8 heteroatoms. The molecular weight excluding hydrogens is 428 g/mol. The summed E-state index contributed by atoms with van der Waals surface area (Å²) in [5.74, 6) is 0.649. The molecule has 0 aliphatic carbocycles. The van der Waals surface area contributed by atoms with E-state index in [1.54, 1.807) is 18.7 Å². The van der Waals surface area contributed by atoms with Crippen molar-refractivity contribution >= 4 is 29.6 Å². The lowest BCUT2D eigenvalue weighted by atomic mass is 9.84. The van der Waals surface area contributed by atoms with Crippen LogP contribution in [-0.4, -0.2) is 70.1 Å². The van der Waals surface area contributed by atoms with E-state index in [4.69, 9.17) is 4.74 Å². The van der Waals surface area contributed by atoms with Gasteiger partial charge in [0.2, 0.25) is 5.91 Å². The lowest BCUT2D eigenvalue weighted by molar-refractivity contribution is -0.158. The molecule has 0 spiro atoms. The first-order chi connectivity index (χ1) is 15.4. The monoisotopic (exact) mass is 462 g/mol. The van der Waals surface area contributed by atoms with E-state index in [0.717, 1.165) is 29.9 Å². The van der Waals surface area contributed by atoms with Gasteiger partial charge in [-0.3, -0.25) is 14.9 Å². The fraction of sp³-hybridized carbons (Fsp3) is 0.625. The normalized spacial score (nSPS) is 24.8. The Hall–Kier alpha value is -2.06. The van der Waals surface area contributed by atoms with Crippen molar-refractivity contribution in [2.75, 3.05) is 18.1 Å². The van der Waals surface area contributed by atoms with E-state index in [1.807, 2.05) is 42.1 Å². The highest BCUT2D eigenvalue weighted by Gasteiger charge is 2.45. The number of piperidine rings is 1. The van der Waals surface area contributed by atoms with E-state index < -0.39 is 24.1 Å². The molecule has 32 heavy (non-hydrogen) atoms. The van der Waals surface area contributed by atoms with E-state index in [-0.39, 0.29) is 24.5 Å². The maximum atomic E-state index is 13.5. The number of thioether (sulfide) groups is 1. The smallest absolute Gasteiger partial charge is 0.326 e. The number of amides is 1. The van der Waals surface area contributed by atoms with Crippen LogP contribution in [0.5, 0.6) is 0 Å². The first-order valence-corrected chi connectivity index (χ1v) is 12.7. The molecule has 1 aromatic rings. The molecule has 2 N–H and O–H groups in total. The molecule has 5 atom stereocenters. The zero-order valence-corrected chi connectivity index (χ0v) is 19.7. The molecule has 0 radical (unpaired) electrons. The second kappa shape index (κ2) is 11.7. The summed E-state index contributed by atoms with van der Waals surface area (Å²) in [6.45, 7) is 3.74.